The molecule has 3 heteroatoms. The second-order valence-corrected chi connectivity index (χ2v) is 3.05. The van der Waals surface area contributed by atoms with Crippen LogP contribution in [0.4, 0.5) is 0 Å². The van der Waals surface area contributed by atoms with Crippen LogP contribution in [0.5, 0.6) is 0 Å². The molecule has 0 aliphatic carbocycles. The molecule has 0 spiro atoms. The van der Waals surface area contributed by atoms with E-state index in [1.165, 1.54) is 19.3 Å². The number of hydrogen-bond acceptors (Lipinski definition) is 1. The Morgan fingerprint density at radius 3 is 2.75 bits per heavy atom. The third kappa shape index (κ3) is 7.54. The monoisotopic (exact) mass is 186 g/mol. The van der Waals surface area contributed by atoms with Crippen molar-refractivity contribution in [1.29, 1.82) is 0 Å². The standard InChI is InChI=1S/C9H18N2S/c1-3-4-5-6-7-8-11-9(12)10-2/h3H,1,4-8H2,2H3,(H2,10,11,12). The summed E-state index contributed by atoms with van der Waals surface area (Å²) < 4.78 is 0. The number of nitrogens with one attached hydrogen (secondary N) is 2. The van der Waals surface area contributed by atoms with Crippen LogP contribution in [-0.4, -0.2) is 18.7 Å². The van der Waals surface area contributed by atoms with E-state index >= 15 is 0 Å². The molecule has 0 atom stereocenters. The summed E-state index contributed by atoms with van der Waals surface area (Å²) in [5.74, 6) is 0. The lowest BCUT2D eigenvalue weighted by molar-refractivity contribution is 0.669. The van der Waals surface area contributed by atoms with Crippen molar-refractivity contribution < 1.29 is 0 Å². The van der Waals surface area contributed by atoms with Crippen molar-refractivity contribution in [2.45, 2.75) is 25.7 Å². The normalized spacial score (nSPS) is 9.08. The van der Waals surface area contributed by atoms with Crippen molar-refractivity contribution in [3.05, 3.63) is 12.7 Å². The Labute approximate surface area is 80.4 Å². The van der Waals surface area contributed by atoms with Gasteiger partial charge in [0.2, 0.25) is 0 Å². The molecule has 0 heterocycles. The van der Waals surface area contributed by atoms with Crippen molar-refractivity contribution in [3.8, 4) is 0 Å². The fraction of sp³-hybridized carbons (Fsp3) is 0.667. The van der Waals surface area contributed by atoms with E-state index in [0.717, 1.165) is 18.1 Å². The van der Waals surface area contributed by atoms with Gasteiger partial charge >= 0.3 is 0 Å². The summed E-state index contributed by atoms with van der Waals surface area (Å²) in [6, 6.07) is 0. The Kier molecular flexibility index (Phi) is 8.12. The van der Waals surface area contributed by atoms with Crippen LogP contribution in [0.3, 0.4) is 0 Å². The van der Waals surface area contributed by atoms with Crippen molar-refractivity contribution >= 4 is 17.3 Å². The van der Waals surface area contributed by atoms with Crippen molar-refractivity contribution in [3.63, 3.8) is 0 Å². The maximum absolute atomic E-state index is 4.92. The van der Waals surface area contributed by atoms with E-state index in [1.807, 2.05) is 13.1 Å². The molecule has 0 aliphatic rings. The minimum absolute atomic E-state index is 0.735. The number of thiocarbonyl (C=S) groups is 1. The topological polar surface area (TPSA) is 24.1 Å². The van der Waals surface area contributed by atoms with Crippen LogP contribution in [0.15, 0.2) is 12.7 Å². The Balaban J connectivity index is 3.00. The van der Waals surface area contributed by atoms with E-state index < -0.39 is 0 Å². The lowest BCUT2D eigenvalue weighted by Crippen LogP contribution is -2.32. The average Bonchev–Trinajstić information content (AvgIpc) is 2.10. The number of unbranched alkanes of at least 4 members (excludes halogenated alkanes) is 3. The highest BCUT2D eigenvalue weighted by Crippen LogP contribution is 1.98. The fourth-order valence-corrected chi connectivity index (χ4v) is 0.983. The zero-order chi connectivity index (χ0) is 9.23. The van der Waals surface area contributed by atoms with Gasteiger partial charge in [0.1, 0.15) is 0 Å². The van der Waals surface area contributed by atoms with E-state index in [1.54, 1.807) is 0 Å². The molecule has 0 saturated heterocycles. The second kappa shape index (κ2) is 8.53. The third-order valence-electron chi connectivity index (χ3n) is 1.60. The summed E-state index contributed by atoms with van der Waals surface area (Å²) in [6.07, 6.45) is 6.74. The molecule has 12 heavy (non-hydrogen) atoms. The van der Waals surface area contributed by atoms with Gasteiger partial charge in [0.25, 0.3) is 0 Å². The highest BCUT2D eigenvalue weighted by atomic mass is 32.1. The summed E-state index contributed by atoms with van der Waals surface area (Å²) in [5, 5.41) is 6.71. The minimum Gasteiger partial charge on any atom is -0.366 e. The molecule has 0 aromatic heterocycles. The molecule has 0 fully saturated rings. The van der Waals surface area contributed by atoms with Gasteiger partial charge in [-0.15, -0.1) is 6.58 Å². The van der Waals surface area contributed by atoms with Gasteiger partial charge in [-0.2, -0.15) is 0 Å². The predicted molar refractivity (Wildman–Crippen MR) is 58.3 cm³/mol. The van der Waals surface area contributed by atoms with Crippen LogP contribution in [0, 0.1) is 0 Å². The van der Waals surface area contributed by atoms with E-state index in [2.05, 4.69) is 17.2 Å². The number of hydrogen-bond donors (Lipinski definition) is 2. The maximum Gasteiger partial charge on any atom is 0.166 e. The minimum atomic E-state index is 0.735. The van der Waals surface area contributed by atoms with Crippen molar-refractivity contribution in [1.82, 2.24) is 10.6 Å². The molecular formula is C9H18N2S. The van der Waals surface area contributed by atoms with Crippen LogP contribution in [0.2, 0.25) is 0 Å². The Morgan fingerprint density at radius 2 is 2.17 bits per heavy atom. The highest BCUT2D eigenvalue weighted by Gasteiger charge is 1.90. The third-order valence-corrected chi connectivity index (χ3v) is 1.95. The zero-order valence-electron chi connectivity index (χ0n) is 7.73. The Morgan fingerprint density at radius 1 is 1.42 bits per heavy atom. The fourth-order valence-electron chi connectivity index (χ4n) is 0.881. The van der Waals surface area contributed by atoms with E-state index in [0.29, 0.717) is 0 Å². The van der Waals surface area contributed by atoms with Gasteiger partial charge in [-0.25, -0.2) is 0 Å². The van der Waals surface area contributed by atoms with Crippen LogP contribution >= 0.6 is 12.2 Å². The van der Waals surface area contributed by atoms with Crippen molar-refractivity contribution in [2.75, 3.05) is 13.6 Å². The first-order valence-electron chi connectivity index (χ1n) is 4.37. The van der Waals surface area contributed by atoms with E-state index in [9.17, 15) is 0 Å². The highest BCUT2D eigenvalue weighted by molar-refractivity contribution is 7.80. The summed E-state index contributed by atoms with van der Waals surface area (Å²) in [4.78, 5) is 0. The largest absolute Gasteiger partial charge is 0.366 e. The first-order chi connectivity index (χ1) is 5.81. The van der Waals surface area contributed by atoms with Crippen LogP contribution < -0.4 is 10.6 Å². The van der Waals surface area contributed by atoms with E-state index in [-0.39, 0.29) is 0 Å². The quantitative estimate of drug-likeness (QED) is 0.376. The number of allylic oxidation sites excluding steroid dienone is 1. The lowest BCUT2D eigenvalue weighted by Gasteiger charge is -2.05. The molecule has 2 N–H and O–H groups in total. The molecular weight excluding hydrogens is 168 g/mol. The van der Waals surface area contributed by atoms with Gasteiger partial charge in [0, 0.05) is 13.6 Å². The van der Waals surface area contributed by atoms with Gasteiger partial charge in [-0.1, -0.05) is 12.5 Å². The first kappa shape index (κ1) is 11.4. The molecule has 0 bridgehead atoms. The summed E-state index contributed by atoms with van der Waals surface area (Å²) in [7, 11) is 1.83. The van der Waals surface area contributed by atoms with E-state index in [4.69, 9.17) is 12.2 Å². The summed E-state index contributed by atoms with van der Waals surface area (Å²) >= 11 is 4.92. The molecule has 0 aliphatic heterocycles. The first-order valence-corrected chi connectivity index (χ1v) is 4.78. The second-order valence-electron chi connectivity index (χ2n) is 2.64. The van der Waals surface area contributed by atoms with Gasteiger partial charge in [0.05, 0.1) is 0 Å². The molecule has 2 nitrogen and oxygen atoms in total. The average molecular weight is 186 g/mol. The predicted octanol–water partition coefficient (Wildman–Crippen LogP) is 1.83. The van der Waals surface area contributed by atoms with Gasteiger partial charge in [0.15, 0.2) is 5.11 Å². The summed E-state index contributed by atoms with van der Waals surface area (Å²) in [6.45, 7) is 4.64. The Hall–Kier alpha value is -0.570. The van der Waals surface area contributed by atoms with Gasteiger partial charge in [-0.3, -0.25) is 0 Å². The van der Waals surface area contributed by atoms with Gasteiger partial charge in [-0.05, 0) is 31.5 Å². The number of rotatable bonds is 6. The maximum atomic E-state index is 4.92. The smallest absolute Gasteiger partial charge is 0.166 e. The lowest BCUT2D eigenvalue weighted by atomic mass is 10.2. The molecule has 0 radical (unpaired) electrons. The molecule has 0 aromatic carbocycles. The summed E-state index contributed by atoms with van der Waals surface area (Å²) in [5.41, 5.74) is 0. The van der Waals surface area contributed by atoms with Crippen LogP contribution in [-0.2, 0) is 0 Å². The zero-order valence-corrected chi connectivity index (χ0v) is 8.54. The van der Waals surface area contributed by atoms with Crippen LogP contribution in [0.1, 0.15) is 25.7 Å². The molecule has 70 valence electrons. The molecule has 0 saturated carbocycles. The van der Waals surface area contributed by atoms with Gasteiger partial charge < -0.3 is 10.6 Å². The SMILES string of the molecule is C=CCCCCCNC(=S)NC. The molecule has 0 unspecified atom stereocenters. The molecule has 0 rings (SSSR count). The van der Waals surface area contributed by atoms with Crippen LogP contribution in [0.25, 0.3) is 0 Å². The van der Waals surface area contributed by atoms with Crippen molar-refractivity contribution in [2.24, 2.45) is 0 Å². The molecule has 0 amide bonds. The Bertz CT molecular complexity index is 134. The molecule has 0 aromatic rings.